The van der Waals surface area contributed by atoms with Crippen molar-refractivity contribution < 1.29 is 4.74 Å². The average Bonchev–Trinajstić information content (AvgIpc) is 2.62. The zero-order chi connectivity index (χ0) is 18.4. The lowest BCUT2D eigenvalue weighted by Crippen LogP contribution is -2.17. The lowest BCUT2D eigenvalue weighted by Gasteiger charge is -2.22. The van der Waals surface area contributed by atoms with Crippen LogP contribution in [0.15, 0.2) is 41.4 Å². The van der Waals surface area contributed by atoms with Gasteiger partial charge in [-0.3, -0.25) is 0 Å². The fourth-order valence-corrected chi connectivity index (χ4v) is 2.71. The Balaban J connectivity index is 2.17. The molecule has 0 bridgehead atoms. The monoisotopic (exact) mass is 359 g/mol. The van der Waals surface area contributed by atoms with Crippen LogP contribution in [0.25, 0.3) is 0 Å². The van der Waals surface area contributed by atoms with Crippen molar-refractivity contribution in [3.05, 3.63) is 52.5 Å². The van der Waals surface area contributed by atoms with Crippen molar-refractivity contribution in [2.45, 2.75) is 20.4 Å². The van der Waals surface area contributed by atoms with E-state index < -0.39 is 0 Å². The second kappa shape index (κ2) is 8.77. The van der Waals surface area contributed by atoms with Crippen LogP contribution in [0.5, 0.6) is 5.75 Å². The maximum Gasteiger partial charge on any atom is 0.118 e. The lowest BCUT2D eigenvalue weighted by atomic mass is 10.1. The molecule has 0 saturated heterocycles. The molecule has 0 amide bonds. The van der Waals surface area contributed by atoms with Gasteiger partial charge < -0.3 is 14.5 Å². The fraction of sp³-hybridized carbons (Fsp3) is 0.350. The van der Waals surface area contributed by atoms with Crippen molar-refractivity contribution in [3.63, 3.8) is 0 Å². The molecule has 0 aliphatic heterocycles. The summed E-state index contributed by atoms with van der Waals surface area (Å²) >= 11 is 6.44. The SMILES string of the molecule is CCN(C)C=Nc1cc(C)c(N(C)Cc2ccc(OC)cc2)cc1Cl. The Bertz CT molecular complexity index is 728. The van der Waals surface area contributed by atoms with Crippen molar-refractivity contribution in [1.82, 2.24) is 4.90 Å². The molecule has 0 aliphatic carbocycles. The summed E-state index contributed by atoms with van der Waals surface area (Å²) < 4.78 is 5.21. The number of halogens is 1. The van der Waals surface area contributed by atoms with Gasteiger partial charge in [-0.15, -0.1) is 0 Å². The third-order valence-corrected chi connectivity index (χ3v) is 4.45. The van der Waals surface area contributed by atoms with Gasteiger partial charge in [-0.2, -0.15) is 0 Å². The van der Waals surface area contributed by atoms with Crippen LogP contribution < -0.4 is 9.64 Å². The average molecular weight is 360 g/mol. The molecule has 0 unspecified atom stereocenters. The molecule has 0 N–H and O–H groups in total. The molecule has 4 nitrogen and oxygen atoms in total. The van der Waals surface area contributed by atoms with Gasteiger partial charge in [0, 0.05) is 32.9 Å². The van der Waals surface area contributed by atoms with Crippen LogP contribution >= 0.6 is 11.6 Å². The minimum Gasteiger partial charge on any atom is -0.497 e. The predicted octanol–water partition coefficient (Wildman–Crippen LogP) is 4.90. The second-order valence-electron chi connectivity index (χ2n) is 6.11. The Morgan fingerprint density at radius 1 is 1.16 bits per heavy atom. The van der Waals surface area contributed by atoms with Gasteiger partial charge in [0.25, 0.3) is 0 Å². The van der Waals surface area contributed by atoms with Crippen LogP contribution in [-0.4, -0.2) is 39.0 Å². The van der Waals surface area contributed by atoms with Crippen LogP contribution in [-0.2, 0) is 6.54 Å². The largest absolute Gasteiger partial charge is 0.497 e. The van der Waals surface area contributed by atoms with Crippen molar-refractivity contribution in [2.24, 2.45) is 4.99 Å². The zero-order valence-electron chi connectivity index (χ0n) is 15.6. The van der Waals surface area contributed by atoms with E-state index >= 15 is 0 Å². The normalized spacial score (nSPS) is 11.0. The molecule has 0 radical (unpaired) electrons. The summed E-state index contributed by atoms with van der Waals surface area (Å²) in [5.41, 5.74) is 4.25. The number of anilines is 1. The molecule has 0 fully saturated rings. The Morgan fingerprint density at radius 3 is 2.44 bits per heavy atom. The van der Waals surface area contributed by atoms with Gasteiger partial charge >= 0.3 is 0 Å². The van der Waals surface area contributed by atoms with Crippen molar-refractivity contribution in [3.8, 4) is 5.75 Å². The van der Waals surface area contributed by atoms with Crippen molar-refractivity contribution in [2.75, 3.05) is 32.6 Å². The van der Waals surface area contributed by atoms with Gasteiger partial charge in [0.05, 0.1) is 24.2 Å². The molecule has 25 heavy (non-hydrogen) atoms. The van der Waals surface area contributed by atoms with Gasteiger partial charge in [-0.05, 0) is 49.2 Å². The van der Waals surface area contributed by atoms with Crippen molar-refractivity contribution in [1.29, 1.82) is 0 Å². The summed E-state index contributed by atoms with van der Waals surface area (Å²) in [5, 5.41) is 0.655. The van der Waals surface area contributed by atoms with Crippen LogP contribution in [0.4, 0.5) is 11.4 Å². The number of methoxy groups -OCH3 is 1. The highest BCUT2D eigenvalue weighted by molar-refractivity contribution is 6.33. The zero-order valence-corrected chi connectivity index (χ0v) is 16.3. The molecule has 0 aliphatic rings. The van der Waals surface area contributed by atoms with Gasteiger partial charge in [0.15, 0.2) is 0 Å². The highest BCUT2D eigenvalue weighted by atomic mass is 35.5. The molecule has 0 atom stereocenters. The van der Waals surface area contributed by atoms with Crippen molar-refractivity contribution >= 4 is 29.3 Å². The number of aryl methyl sites for hydroxylation is 1. The van der Waals surface area contributed by atoms with E-state index in [4.69, 9.17) is 16.3 Å². The van der Waals surface area contributed by atoms with E-state index in [2.05, 4.69) is 42.9 Å². The molecule has 5 heteroatoms. The first kappa shape index (κ1) is 19.1. The summed E-state index contributed by atoms with van der Waals surface area (Å²) in [4.78, 5) is 8.68. The maximum absolute atomic E-state index is 6.44. The van der Waals surface area contributed by atoms with E-state index in [1.807, 2.05) is 36.2 Å². The summed E-state index contributed by atoms with van der Waals surface area (Å²) in [5.74, 6) is 0.866. The predicted molar refractivity (Wildman–Crippen MR) is 108 cm³/mol. The van der Waals surface area contributed by atoms with Gasteiger partial charge in [0.1, 0.15) is 5.75 Å². The van der Waals surface area contributed by atoms with E-state index in [1.165, 1.54) is 5.56 Å². The van der Waals surface area contributed by atoms with Gasteiger partial charge in [-0.1, -0.05) is 23.7 Å². The molecule has 134 valence electrons. The van der Waals surface area contributed by atoms with Crippen LogP contribution in [0, 0.1) is 6.92 Å². The smallest absolute Gasteiger partial charge is 0.118 e. The minimum atomic E-state index is 0.655. The third-order valence-electron chi connectivity index (χ3n) is 4.15. The summed E-state index contributed by atoms with van der Waals surface area (Å²) in [6.45, 7) is 5.86. The number of hydrogen-bond donors (Lipinski definition) is 0. The summed E-state index contributed by atoms with van der Waals surface area (Å²) in [7, 11) is 5.73. The molecule has 0 saturated carbocycles. The van der Waals surface area contributed by atoms with E-state index in [9.17, 15) is 0 Å². The van der Waals surface area contributed by atoms with E-state index in [0.717, 1.165) is 35.8 Å². The van der Waals surface area contributed by atoms with Crippen LogP contribution in [0.2, 0.25) is 5.02 Å². The Kier molecular flexibility index (Phi) is 6.71. The minimum absolute atomic E-state index is 0.655. The van der Waals surface area contributed by atoms with Gasteiger partial charge in [-0.25, -0.2) is 4.99 Å². The quantitative estimate of drug-likeness (QED) is 0.519. The number of benzene rings is 2. The fourth-order valence-electron chi connectivity index (χ4n) is 2.50. The number of rotatable bonds is 7. The summed E-state index contributed by atoms with van der Waals surface area (Å²) in [6.07, 6.45) is 1.81. The number of hydrogen-bond acceptors (Lipinski definition) is 3. The highest BCUT2D eigenvalue weighted by Gasteiger charge is 2.10. The molecule has 2 aromatic rings. The van der Waals surface area contributed by atoms with Crippen LogP contribution in [0.1, 0.15) is 18.1 Å². The Labute approximate surface area is 155 Å². The maximum atomic E-state index is 6.44. The van der Waals surface area contributed by atoms with E-state index in [1.54, 1.807) is 13.4 Å². The Morgan fingerprint density at radius 2 is 1.84 bits per heavy atom. The van der Waals surface area contributed by atoms with Crippen LogP contribution in [0.3, 0.4) is 0 Å². The molecule has 0 aromatic heterocycles. The molecule has 0 spiro atoms. The number of ether oxygens (including phenoxy) is 1. The molecule has 0 heterocycles. The molecule has 2 rings (SSSR count). The molecular formula is C20H26ClN3O. The van der Waals surface area contributed by atoms with E-state index in [-0.39, 0.29) is 0 Å². The molecule has 2 aromatic carbocycles. The lowest BCUT2D eigenvalue weighted by molar-refractivity contribution is 0.414. The first-order chi connectivity index (χ1) is 11.9. The second-order valence-corrected chi connectivity index (χ2v) is 6.52. The first-order valence-corrected chi connectivity index (χ1v) is 8.71. The molecular weight excluding hydrogens is 334 g/mol. The first-order valence-electron chi connectivity index (χ1n) is 8.33. The topological polar surface area (TPSA) is 28.1 Å². The van der Waals surface area contributed by atoms with Gasteiger partial charge in [0.2, 0.25) is 0 Å². The highest BCUT2D eigenvalue weighted by Crippen LogP contribution is 2.33. The van der Waals surface area contributed by atoms with E-state index in [0.29, 0.717) is 5.02 Å². The standard InChI is InChI=1S/C20H26ClN3O/c1-6-23(3)14-22-19-11-15(2)20(12-18(19)21)24(4)13-16-7-9-17(25-5)10-8-16/h7-12,14H,6,13H2,1-5H3. The number of nitrogens with zero attached hydrogens (tertiary/aromatic N) is 3. The Hall–Kier alpha value is -2.20. The summed E-state index contributed by atoms with van der Waals surface area (Å²) in [6, 6.07) is 12.1. The third kappa shape index (κ3) is 5.13. The number of aliphatic imine (C=N–C) groups is 1.